The monoisotopic (exact) mass is 446 g/mol. The minimum atomic E-state index is 0.454. The van der Waals surface area contributed by atoms with Gasteiger partial charge in [0.25, 0.3) is 0 Å². The van der Waals surface area contributed by atoms with E-state index in [1.165, 1.54) is 11.3 Å². The van der Waals surface area contributed by atoms with Gasteiger partial charge in [0.15, 0.2) is 0 Å². The number of piperazine rings is 2. The number of pyridine rings is 2. The molecule has 7 heteroatoms. The Hall–Kier alpha value is -2.72. The Labute approximate surface area is 194 Å². The third-order valence-electron chi connectivity index (χ3n) is 6.86. The van der Waals surface area contributed by atoms with Gasteiger partial charge in [0.2, 0.25) is 0 Å². The SMILES string of the molecule is Cc1nc(Cl)ccc1CN1CCN2[C@@H](C1)CN(c1ccc(C#N)c3ncccc13)C[C@H]2C. The molecule has 4 heterocycles. The van der Waals surface area contributed by atoms with Crippen molar-refractivity contribution in [3.05, 3.63) is 64.6 Å². The Kier molecular flexibility index (Phi) is 5.73. The molecule has 0 bridgehead atoms. The van der Waals surface area contributed by atoms with Gasteiger partial charge >= 0.3 is 0 Å². The standard InChI is InChI=1S/C25H27ClN6/c1-17-13-31(23-7-5-19(12-27)25-22(23)4-3-9-28-25)16-21-15-30(10-11-32(17)21)14-20-6-8-24(26)29-18(20)2/h3-9,17,21H,10-11,13-16H2,1-2H3/t17-,21+/m1/s1. The third-order valence-corrected chi connectivity index (χ3v) is 7.07. The van der Waals surface area contributed by atoms with Crippen molar-refractivity contribution < 1.29 is 0 Å². The molecule has 32 heavy (non-hydrogen) atoms. The van der Waals surface area contributed by atoms with Gasteiger partial charge in [-0.25, -0.2) is 4.98 Å². The van der Waals surface area contributed by atoms with Crippen molar-refractivity contribution in [1.29, 1.82) is 5.26 Å². The Morgan fingerprint density at radius 1 is 1.12 bits per heavy atom. The fourth-order valence-corrected chi connectivity index (χ4v) is 5.45. The highest BCUT2D eigenvalue weighted by atomic mass is 35.5. The molecule has 0 aliphatic carbocycles. The first-order chi connectivity index (χ1) is 15.5. The van der Waals surface area contributed by atoms with Crippen molar-refractivity contribution in [3.8, 4) is 6.07 Å². The summed E-state index contributed by atoms with van der Waals surface area (Å²) >= 11 is 6.04. The van der Waals surface area contributed by atoms with Crippen LogP contribution in [0.4, 0.5) is 5.69 Å². The number of nitriles is 1. The Bertz CT molecular complexity index is 1190. The number of halogens is 1. The quantitative estimate of drug-likeness (QED) is 0.569. The van der Waals surface area contributed by atoms with Crippen molar-refractivity contribution in [1.82, 2.24) is 19.8 Å². The van der Waals surface area contributed by atoms with Crippen LogP contribution < -0.4 is 4.90 Å². The highest BCUT2D eigenvalue weighted by Gasteiger charge is 2.36. The van der Waals surface area contributed by atoms with Crippen LogP contribution in [0.5, 0.6) is 0 Å². The van der Waals surface area contributed by atoms with E-state index in [1.54, 1.807) is 6.20 Å². The molecule has 0 unspecified atom stereocenters. The van der Waals surface area contributed by atoms with Crippen LogP contribution in [0, 0.1) is 18.3 Å². The first kappa shape index (κ1) is 21.1. The molecule has 0 saturated carbocycles. The van der Waals surface area contributed by atoms with E-state index in [2.05, 4.69) is 55.9 Å². The van der Waals surface area contributed by atoms with Crippen LogP contribution in [0.2, 0.25) is 5.15 Å². The zero-order valence-electron chi connectivity index (χ0n) is 18.5. The summed E-state index contributed by atoms with van der Waals surface area (Å²) in [6.07, 6.45) is 1.76. The number of nitrogens with zero attached hydrogens (tertiary/aromatic N) is 6. The van der Waals surface area contributed by atoms with Crippen molar-refractivity contribution in [3.63, 3.8) is 0 Å². The molecule has 2 fully saturated rings. The molecule has 6 nitrogen and oxygen atoms in total. The smallest absolute Gasteiger partial charge is 0.129 e. The number of hydrogen-bond acceptors (Lipinski definition) is 6. The maximum Gasteiger partial charge on any atom is 0.129 e. The van der Waals surface area contributed by atoms with Crippen LogP contribution in [0.3, 0.4) is 0 Å². The summed E-state index contributed by atoms with van der Waals surface area (Å²) in [5, 5.41) is 11.1. The van der Waals surface area contributed by atoms with Crippen molar-refractivity contribution in [2.75, 3.05) is 37.6 Å². The summed E-state index contributed by atoms with van der Waals surface area (Å²) in [5.74, 6) is 0. The average molecular weight is 447 g/mol. The van der Waals surface area contributed by atoms with Crippen LogP contribution in [0.15, 0.2) is 42.6 Å². The fourth-order valence-electron chi connectivity index (χ4n) is 5.26. The molecular weight excluding hydrogens is 420 g/mol. The zero-order valence-corrected chi connectivity index (χ0v) is 19.3. The number of benzene rings is 1. The van der Waals surface area contributed by atoms with E-state index in [0.29, 0.717) is 22.8 Å². The summed E-state index contributed by atoms with van der Waals surface area (Å²) < 4.78 is 0. The largest absolute Gasteiger partial charge is 0.368 e. The minimum absolute atomic E-state index is 0.454. The summed E-state index contributed by atoms with van der Waals surface area (Å²) in [6.45, 7) is 10.4. The van der Waals surface area contributed by atoms with Gasteiger partial charge in [-0.15, -0.1) is 0 Å². The number of hydrogen-bond donors (Lipinski definition) is 0. The van der Waals surface area contributed by atoms with Gasteiger partial charge < -0.3 is 4.90 Å². The van der Waals surface area contributed by atoms with E-state index in [1.807, 2.05) is 25.1 Å². The van der Waals surface area contributed by atoms with Gasteiger partial charge in [0.05, 0.1) is 11.1 Å². The second-order valence-electron chi connectivity index (χ2n) is 8.90. The lowest BCUT2D eigenvalue weighted by molar-refractivity contribution is 0.0316. The van der Waals surface area contributed by atoms with E-state index >= 15 is 0 Å². The zero-order chi connectivity index (χ0) is 22.2. The molecule has 164 valence electrons. The van der Waals surface area contributed by atoms with Crippen LogP contribution in [-0.2, 0) is 6.54 Å². The number of rotatable bonds is 3. The van der Waals surface area contributed by atoms with Crippen LogP contribution in [0.1, 0.15) is 23.7 Å². The van der Waals surface area contributed by atoms with Crippen LogP contribution in [-0.4, -0.2) is 64.6 Å². The molecule has 0 radical (unpaired) electrons. The topological polar surface area (TPSA) is 59.3 Å². The lowest BCUT2D eigenvalue weighted by atomic mass is 10.0. The molecule has 0 spiro atoms. The predicted molar refractivity (Wildman–Crippen MR) is 128 cm³/mol. The van der Waals surface area contributed by atoms with Gasteiger partial charge in [-0.05, 0) is 49.7 Å². The van der Waals surface area contributed by atoms with Crippen molar-refractivity contribution >= 4 is 28.2 Å². The molecular formula is C25H27ClN6. The molecule has 3 aromatic rings. The highest BCUT2D eigenvalue weighted by Crippen LogP contribution is 2.32. The summed E-state index contributed by atoms with van der Waals surface area (Å²) in [5.41, 5.74) is 4.85. The van der Waals surface area contributed by atoms with Gasteiger partial charge in [-0.3, -0.25) is 14.8 Å². The first-order valence-electron chi connectivity index (χ1n) is 11.2. The Morgan fingerprint density at radius 2 is 2.00 bits per heavy atom. The average Bonchev–Trinajstić information content (AvgIpc) is 2.80. The predicted octanol–water partition coefficient (Wildman–Crippen LogP) is 3.86. The van der Waals surface area contributed by atoms with E-state index in [0.717, 1.165) is 55.9 Å². The summed E-state index contributed by atoms with van der Waals surface area (Å²) in [6, 6.07) is 15.2. The molecule has 2 aromatic heterocycles. The second-order valence-corrected chi connectivity index (χ2v) is 9.29. The van der Waals surface area contributed by atoms with Gasteiger partial charge in [-0.1, -0.05) is 17.7 Å². The molecule has 1 aromatic carbocycles. The first-order valence-corrected chi connectivity index (χ1v) is 11.5. The molecule has 2 saturated heterocycles. The lowest BCUT2D eigenvalue weighted by Crippen LogP contribution is -2.65. The number of aromatic nitrogens is 2. The van der Waals surface area contributed by atoms with Gasteiger partial charge in [0.1, 0.15) is 11.2 Å². The highest BCUT2D eigenvalue weighted by molar-refractivity contribution is 6.29. The van der Waals surface area contributed by atoms with E-state index in [-0.39, 0.29) is 0 Å². The Morgan fingerprint density at radius 3 is 2.81 bits per heavy atom. The van der Waals surface area contributed by atoms with E-state index < -0.39 is 0 Å². The second kappa shape index (κ2) is 8.67. The lowest BCUT2D eigenvalue weighted by Gasteiger charge is -2.51. The minimum Gasteiger partial charge on any atom is -0.368 e. The van der Waals surface area contributed by atoms with Crippen molar-refractivity contribution in [2.24, 2.45) is 0 Å². The van der Waals surface area contributed by atoms with E-state index in [4.69, 9.17) is 11.6 Å². The number of anilines is 1. The van der Waals surface area contributed by atoms with Crippen LogP contribution >= 0.6 is 11.6 Å². The molecule has 0 N–H and O–H groups in total. The van der Waals surface area contributed by atoms with Crippen molar-refractivity contribution in [2.45, 2.75) is 32.5 Å². The Balaban J connectivity index is 1.38. The molecule has 2 atom stereocenters. The molecule has 5 rings (SSSR count). The van der Waals surface area contributed by atoms with Crippen LogP contribution in [0.25, 0.3) is 10.9 Å². The van der Waals surface area contributed by atoms with Gasteiger partial charge in [-0.2, -0.15) is 5.26 Å². The molecule has 2 aliphatic rings. The maximum absolute atomic E-state index is 9.49. The normalized spacial score (nSPS) is 22.0. The number of aryl methyl sites for hydroxylation is 1. The van der Waals surface area contributed by atoms with Gasteiger partial charge in [0, 0.05) is 74.3 Å². The maximum atomic E-state index is 9.49. The summed E-state index contributed by atoms with van der Waals surface area (Å²) in [7, 11) is 0. The third kappa shape index (κ3) is 3.93. The molecule has 0 amide bonds. The van der Waals surface area contributed by atoms with E-state index in [9.17, 15) is 5.26 Å². The summed E-state index contributed by atoms with van der Waals surface area (Å²) in [4.78, 5) is 16.6. The number of fused-ring (bicyclic) bond motifs is 2. The molecule has 2 aliphatic heterocycles. The fraction of sp³-hybridized carbons (Fsp3) is 0.400.